The highest BCUT2D eigenvalue weighted by Gasteiger charge is 2.51. The van der Waals surface area contributed by atoms with E-state index >= 15 is 0 Å². The molecule has 2 atom stereocenters. The number of amides is 3. The van der Waals surface area contributed by atoms with E-state index in [2.05, 4.69) is 0 Å². The fourth-order valence-corrected chi connectivity index (χ4v) is 6.18. The number of carboxylic acid groups (broad SMARTS) is 1. The zero-order valence-electron chi connectivity index (χ0n) is 18.6. The lowest BCUT2D eigenvalue weighted by Crippen LogP contribution is -2.65. The Labute approximate surface area is 198 Å². The second-order valence-corrected chi connectivity index (χ2v) is 10.5. The van der Waals surface area contributed by atoms with E-state index in [4.69, 9.17) is 0 Å². The molecule has 2 fully saturated rings. The molecule has 2 unspecified atom stereocenters. The molecule has 2 saturated heterocycles. The van der Waals surface area contributed by atoms with E-state index in [-0.39, 0.29) is 19.5 Å². The van der Waals surface area contributed by atoms with Crippen molar-refractivity contribution in [3.8, 4) is 0 Å². The minimum absolute atomic E-state index is 0.0462. The third-order valence-corrected chi connectivity index (χ3v) is 8.00. The molecule has 0 aliphatic carbocycles. The van der Waals surface area contributed by atoms with Crippen LogP contribution in [0.4, 0.5) is 4.79 Å². The zero-order chi connectivity index (χ0) is 24.3. The highest BCUT2D eigenvalue weighted by atomic mass is 32.2. The second-order valence-electron chi connectivity index (χ2n) is 8.52. The van der Waals surface area contributed by atoms with Crippen LogP contribution < -0.4 is 5.11 Å². The van der Waals surface area contributed by atoms with Gasteiger partial charge in [0.15, 0.2) is 0 Å². The van der Waals surface area contributed by atoms with Crippen LogP contribution in [0.5, 0.6) is 0 Å². The Morgan fingerprint density at radius 3 is 2.21 bits per heavy atom. The molecule has 10 heteroatoms. The molecule has 0 radical (unpaired) electrons. The van der Waals surface area contributed by atoms with Gasteiger partial charge < -0.3 is 19.7 Å². The Balaban J connectivity index is 1.57. The van der Waals surface area contributed by atoms with Gasteiger partial charge in [-0.05, 0) is 24.0 Å². The molecule has 9 nitrogen and oxygen atoms in total. The van der Waals surface area contributed by atoms with E-state index in [1.54, 1.807) is 54.6 Å². The maximum atomic E-state index is 13.4. The van der Waals surface area contributed by atoms with Gasteiger partial charge in [-0.1, -0.05) is 60.7 Å². The highest BCUT2D eigenvalue weighted by Crippen LogP contribution is 2.30. The molecule has 4 rings (SSSR count). The standard InChI is InChI=1S/C24H27N3O6S/c28-22-21(16-18-8-3-1-4-9-18)27(23(29)20-12-7-13-26(20)22)34(32,33)15-14-25(24(30)31)17-19-10-5-2-6-11-19/h1-6,8-11,20-21H,7,12-17H2,(H,30,31)/p-1. The summed E-state index contributed by atoms with van der Waals surface area (Å²) in [5, 5.41) is 11.6. The van der Waals surface area contributed by atoms with Gasteiger partial charge in [-0.2, -0.15) is 0 Å². The number of carbonyl (C=O) groups is 3. The summed E-state index contributed by atoms with van der Waals surface area (Å²) in [4.78, 5) is 40.5. The summed E-state index contributed by atoms with van der Waals surface area (Å²) in [5.74, 6) is -1.65. The summed E-state index contributed by atoms with van der Waals surface area (Å²) >= 11 is 0. The molecule has 0 spiro atoms. The Kier molecular flexibility index (Phi) is 6.87. The van der Waals surface area contributed by atoms with Crippen molar-refractivity contribution in [2.24, 2.45) is 0 Å². The van der Waals surface area contributed by atoms with Crippen molar-refractivity contribution in [1.82, 2.24) is 14.1 Å². The minimum Gasteiger partial charge on any atom is -0.530 e. The van der Waals surface area contributed by atoms with Gasteiger partial charge in [0.05, 0.1) is 5.75 Å². The number of fused-ring (bicyclic) bond motifs is 1. The average molecular weight is 485 g/mol. The lowest BCUT2D eigenvalue weighted by molar-refractivity contribution is -0.266. The predicted octanol–water partition coefficient (Wildman–Crippen LogP) is 0.606. The molecule has 2 aromatic carbocycles. The quantitative estimate of drug-likeness (QED) is 0.542. The lowest BCUT2D eigenvalue weighted by atomic mass is 10.0. The lowest BCUT2D eigenvalue weighted by Gasteiger charge is -2.41. The van der Waals surface area contributed by atoms with Crippen LogP contribution in [-0.4, -0.2) is 71.4 Å². The van der Waals surface area contributed by atoms with Gasteiger partial charge in [0.1, 0.15) is 18.2 Å². The summed E-state index contributed by atoms with van der Waals surface area (Å²) in [5.41, 5.74) is 1.41. The zero-order valence-corrected chi connectivity index (χ0v) is 19.4. The number of sulfonamides is 1. The predicted molar refractivity (Wildman–Crippen MR) is 122 cm³/mol. The van der Waals surface area contributed by atoms with Gasteiger partial charge in [0.2, 0.25) is 15.9 Å². The van der Waals surface area contributed by atoms with Crippen LogP contribution in [0.15, 0.2) is 60.7 Å². The molecule has 0 aromatic heterocycles. The second kappa shape index (κ2) is 9.84. The van der Waals surface area contributed by atoms with Crippen molar-refractivity contribution >= 4 is 27.9 Å². The Morgan fingerprint density at radius 2 is 1.59 bits per heavy atom. The van der Waals surface area contributed by atoms with E-state index in [1.165, 1.54) is 4.90 Å². The van der Waals surface area contributed by atoms with Crippen molar-refractivity contribution in [3.05, 3.63) is 71.8 Å². The van der Waals surface area contributed by atoms with Gasteiger partial charge in [-0.15, -0.1) is 0 Å². The first-order chi connectivity index (χ1) is 16.3. The van der Waals surface area contributed by atoms with Gasteiger partial charge in [0, 0.05) is 26.1 Å². The Hall–Kier alpha value is -3.40. The third-order valence-electron chi connectivity index (χ3n) is 6.27. The van der Waals surface area contributed by atoms with Crippen molar-refractivity contribution in [3.63, 3.8) is 0 Å². The smallest absolute Gasteiger partial charge is 0.259 e. The molecule has 0 N–H and O–H groups in total. The first kappa shape index (κ1) is 23.7. The maximum absolute atomic E-state index is 13.4. The summed E-state index contributed by atoms with van der Waals surface area (Å²) in [7, 11) is -4.29. The monoisotopic (exact) mass is 484 g/mol. The number of rotatable bonds is 8. The summed E-state index contributed by atoms with van der Waals surface area (Å²) in [6, 6.07) is 15.7. The first-order valence-electron chi connectivity index (χ1n) is 11.2. The van der Waals surface area contributed by atoms with Crippen LogP contribution in [-0.2, 0) is 32.6 Å². The highest BCUT2D eigenvalue weighted by molar-refractivity contribution is 7.89. The molecule has 180 valence electrons. The van der Waals surface area contributed by atoms with Crippen LogP contribution in [0, 0.1) is 0 Å². The molecule has 0 saturated carbocycles. The van der Waals surface area contributed by atoms with Crippen molar-refractivity contribution in [2.75, 3.05) is 18.8 Å². The molecule has 2 aliphatic heterocycles. The van der Waals surface area contributed by atoms with Gasteiger partial charge >= 0.3 is 0 Å². The molecule has 0 bridgehead atoms. The summed E-state index contributed by atoms with van der Waals surface area (Å²) in [6.07, 6.45) is -0.414. The van der Waals surface area contributed by atoms with E-state index in [0.717, 1.165) is 10.5 Å². The number of carbonyl (C=O) groups excluding carboxylic acids is 3. The van der Waals surface area contributed by atoms with Crippen LogP contribution in [0.3, 0.4) is 0 Å². The molecule has 3 amide bonds. The molecular formula is C24H26N3O6S-. The molecule has 2 aromatic rings. The normalized spacial score (nSPS) is 20.4. The number of piperazine rings is 1. The topological polar surface area (TPSA) is 118 Å². The molecule has 2 heterocycles. The van der Waals surface area contributed by atoms with E-state index in [0.29, 0.717) is 29.3 Å². The fraction of sp³-hybridized carbons (Fsp3) is 0.375. The minimum atomic E-state index is -4.29. The number of hydrogen-bond donors (Lipinski definition) is 0. The maximum Gasteiger partial charge on any atom is 0.259 e. The Morgan fingerprint density at radius 1 is 0.971 bits per heavy atom. The number of nitrogens with zero attached hydrogens (tertiary/aromatic N) is 3. The molecule has 2 aliphatic rings. The van der Waals surface area contributed by atoms with Crippen LogP contribution in [0.2, 0.25) is 0 Å². The van der Waals surface area contributed by atoms with E-state index in [1.807, 2.05) is 6.07 Å². The van der Waals surface area contributed by atoms with Crippen LogP contribution in [0.1, 0.15) is 24.0 Å². The first-order valence-corrected chi connectivity index (χ1v) is 12.8. The van der Waals surface area contributed by atoms with Gasteiger partial charge in [-0.3, -0.25) is 9.59 Å². The van der Waals surface area contributed by atoms with E-state index < -0.39 is 45.8 Å². The van der Waals surface area contributed by atoms with Crippen LogP contribution >= 0.6 is 0 Å². The summed E-state index contributed by atoms with van der Waals surface area (Å²) in [6.45, 7) is -0.0106. The van der Waals surface area contributed by atoms with Crippen molar-refractivity contribution in [1.29, 1.82) is 0 Å². The fourth-order valence-electron chi connectivity index (χ4n) is 4.58. The van der Waals surface area contributed by atoms with Gasteiger partial charge in [0.25, 0.3) is 5.91 Å². The van der Waals surface area contributed by atoms with Crippen molar-refractivity contribution < 1.29 is 27.9 Å². The van der Waals surface area contributed by atoms with Gasteiger partial charge in [-0.25, -0.2) is 12.7 Å². The third kappa shape index (κ3) is 4.91. The summed E-state index contributed by atoms with van der Waals surface area (Å²) < 4.78 is 27.5. The van der Waals surface area contributed by atoms with Crippen molar-refractivity contribution in [2.45, 2.75) is 37.9 Å². The largest absolute Gasteiger partial charge is 0.530 e. The SMILES string of the molecule is O=C([O-])N(CCS(=O)(=O)N1C(=O)C2CCCN2C(=O)C1Cc1ccccc1)Cc1ccccc1. The number of hydrogen-bond acceptors (Lipinski definition) is 6. The number of benzene rings is 2. The van der Waals surface area contributed by atoms with E-state index in [9.17, 15) is 27.9 Å². The van der Waals surface area contributed by atoms with Crippen LogP contribution in [0.25, 0.3) is 0 Å². The Bertz CT molecular complexity index is 1160. The molecule has 34 heavy (non-hydrogen) atoms. The average Bonchev–Trinajstić information content (AvgIpc) is 3.32. The molecular weight excluding hydrogens is 458 g/mol.